The molecule has 0 radical (unpaired) electrons. The van der Waals surface area contributed by atoms with E-state index < -0.39 is 11.2 Å². The molecule has 1 aliphatic heterocycles. The number of aromatic nitrogens is 5. The number of nitrogens with one attached hydrogen (secondary N) is 2. The Bertz CT molecular complexity index is 2150. The number of nitrogens with zero attached hydrogens (tertiary/aromatic N) is 5. The molecule has 3 aromatic heterocycles. The van der Waals surface area contributed by atoms with Gasteiger partial charge in [0.05, 0.1) is 28.5 Å². The predicted molar refractivity (Wildman–Crippen MR) is 183 cm³/mol. The van der Waals surface area contributed by atoms with E-state index in [0.29, 0.717) is 45.0 Å². The molecule has 1 aliphatic carbocycles. The van der Waals surface area contributed by atoms with Crippen molar-refractivity contribution in [3.8, 4) is 28.3 Å². The van der Waals surface area contributed by atoms with Crippen LogP contribution in [-0.4, -0.2) is 50.5 Å². The second kappa shape index (κ2) is 14.1. The van der Waals surface area contributed by atoms with Gasteiger partial charge in [-0.15, -0.1) is 6.04 Å². The van der Waals surface area contributed by atoms with E-state index in [1.54, 1.807) is 20.2 Å². The van der Waals surface area contributed by atoms with Crippen molar-refractivity contribution in [1.29, 1.82) is 0 Å². The summed E-state index contributed by atoms with van der Waals surface area (Å²) in [6.07, 6.45) is 6.26. The topological polar surface area (TPSA) is 125 Å². The van der Waals surface area contributed by atoms with E-state index in [0.717, 1.165) is 41.6 Å². The van der Waals surface area contributed by atoms with E-state index in [9.17, 15) is 9.59 Å². The summed E-state index contributed by atoms with van der Waals surface area (Å²) in [6, 6.07) is 13.8. The van der Waals surface area contributed by atoms with Crippen LogP contribution >= 0.6 is 23.2 Å². The molecule has 0 amide bonds. The van der Waals surface area contributed by atoms with Gasteiger partial charge >= 0.3 is 5.69 Å². The third-order valence-electron chi connectivity index (χ3n) is 8.89. The minimum Gasteiger partial charge on any atom is -0.481 e. The molecule has 4 heterocycles. The first-order valence-corrected chi connectivity index (χ1v) is 16.0. The molecule has 14 heteroatoms. The summed E-state index contributed by atoms with van der Waals surface area (Å²) >= 11 is 14.1. The summed E-state index contributed by atoms with van der Waals surface area (Å²) in [6.45, 7) is 1.41. The van der Waals surface area contributed by atoms with Crippen molar-refractivity contribution >= 4 is 45.7 Å². The molecule has 48 heavy (non-hydrogen) atoms. The van der Waals surface area contributed by atoms with Crippen LogP contribution in [0.25, 0.3) is 33.4 Å². The van der Waals surface area contributed by atoms with E-state index in [4.69, 9.17) is 37.7 Å². The van der Waals surface area contributed by atoms with Crippen LogP contribution in [0.1, 0.15) is 30.0 Å². The standard InChI is InChI=1S/C34H32Cl2N7O4.Mo/c1-42-31-27(33(44)43(2)34(42)45)30(37-17-38-31)40-24-9-5-7-21(29(24)36)20-6-4-8-22(28(20)35)25-16-18-10-11-23(26(18)32(41-25)46-3)39-19-12-14-47-15-13-19;/h4-9,12,16-17,19,23,39H,10-11,13-15H2,1-3H3,(H,37,38,40);/q-1;. The van der Waals surface area contributed by atoms with E-state index in [1.807, 2.05) is 30.3 Å². The molecule has 1 saturated heterocycles. The second-order valence-electron chi connectivity index (χ2n) is 11.6. The maximum Gasteiger partial charge on any atom is 0.332 e. The zero-order chi connectivity index (χ0) is 32.8. The Morgan fingerprint density at radius 3 is 2.50 bits per heavy atom. The van der Waals surface area contributed by atoms with Gasteiger partial charge in [0.25, 0.3) is 5.56 Å². The molecule has 0 saturated carbocycles. The molecule has 1 fully saturated rings. The van der Waals surface area contributed by atoms with Crippen molar-refractivity contribution in [2.45, 2.75) is 31.3 Å². The summed E-state index contributed by atoms with van der Waals surface area (Å²) < 4.78 is 13.6. The van der Waals surface area contributed by atoms with Crippen molar-refractivity contribution in [3.05, 3.63) is 97.2 Å². The Labute approximate surface area is 300 Å². The molecule has 0 spiro atoms. The molecular formula is C34H32Cl2MoN7O4-. The van der Waals surface area contributed by atoms with Crippen LogP contribution in [0.5, 0.6) is 5.88 Å². The smallest absolute Gasteiger partial charge is 0.332 e. The van der Waals surface area contributed by atoms with Crippen molar-refractivity contribution in [1.82, 2.24) is 29.4 Å². The maximum absolute atomic E-state index is 13.1. The van der Waals surface area contributed by atoms with E-state index >= 15 is 0 Å². The number of halogens is 2. The fourth-order valence-electron chi connectivity index (χ4n) is 6.47. The minimum absolute atomic E-state index is 0. The van der Waals surface area contributed by atoms with Crippen LogP contribution in [0.3, 0.4) is 0 Å². The van der Waals surface area contributed by atoms with Crippen molar-refractivity contribution < 1.29 is 30.5 Å². The van der Waals surface area contributed by atoms with Crippen LogP contribution in [0.2, 0.25) is 10.0 Å². The minimum atomic E-state index is -0.518. The summed E-state index contributed by atoms with van der Waals surface area (Å²) in [5.74, 6) is 0.813. The summed E-state index contributed by atoms with van der Waals surface area (Å²) in [7, 11) is 4.61. The van der Waals surface area contributed by atoms with Crippen LogP contribution in [0.15, 0.2) is 58.4 Å². The Kier molecular flexibility index (Phi) is 10.1. The maximum atomic E-state index is 13.1. The summed E-state index contributed by atoms with van der Waals surface area (Å²) in [5, 5.41) is 7.97. The number of methoxy groups -OCH3 is 1. The third kappa shape index (κ3) is 6.07. The Hall–Kier alpha value is -3.60. The van der Waals surface area contributed by atoms with Gasteiger partial charge in [0, 0.05) is 70.1 Å². The SMILES string of the molecule is COc1nc(-c2cccc(-c3cccc(Nc4ncnc5c4c(=O)n(C)c(=O)n5C)c3Cl)c2Cl)cc2c1C(NC1[CH-]COCC1)CC2.[Mo]. The van der Waals surface area contributed by atoms with Gasteiger partial charge in [-0.3, -0.25) is 20.3 Å². The Balaban J connectivity index is 0.00000401. The molecule has 7 rings (SSSR count). The number of benzene rings is 2. The van der Waals surface area contributed by atoms with E-state index in [-0.39, 0.29) is 50.0 Å². The molecule has 0 bridgehead atoms. The largest absolute Gasteiger partial charge is 0.481 e. The van der Waals surface area contributed by atoms with Crippen LogP contribution in [0.4, 0.5) is 11.5 Å². The molecule has 11 nitrogen and oxygen atoms in total. The molecule has 2 unspecified atom stereocenters. The van der Waals surface area contributed by atoms with Gasteiger partial charge in [-0.05, 0) is 37.0 Å². The van der Waals surface area contributed by atoms with E-state index in [2.05, 4.69) is 33.1 Å². The number of aryl methyl sites for hydroxylation is 2. The first kappa shape index (κ1) is 34.3. The van der Waals surface area contributed by atoms with Gasteiger partial charge in [-0.2, -0.15) is 0 Å². The zero-order valence-electron chi connectivity index (χ0n) is 26.4. The van der Waals surface area contributed by atoms with Crippen molar-refractivity contribution in [2.24, 2.45) is 14.1 Å². The number of fused-ring (bicyclic) bond motifs is 2. The van der Waals surface area contributed by atoms with Crippen LogP contribution < -0.4 is 26.6 Å². The second-order valence-corrected chi connectivity index (χ2v) is 12.4. The summed E-state index contributed by atoms with van der Waals surface area (Å²) in [5.41, 5.74) is 4.83. The first-order chi connectivity index (χ1) is 22.8. The number of pyridine rings is 1. The molecule has 2 aromatic carbocycles. The monoisotopic (exact) mass is 770 g/mol. The fourth-order valence-corrected chi connectivity index (χ4v) is 7.07. The number of anilines is 2. The average molecular weight is 770 g/mol. The van der Waals surface area contributed by atoms with Gasteiger partial charge in [-0.1, -0.05) is 60.1 Å². The summed E-state index contributed by atoms with van der Waals surface area (Å²) in [4.78, 5) is 38.9. The predicted octanol–water partition coefficient (Wildman–Crippen LogP) is 5.38. The molecule has 2 atom stereocenters. The van der Waals surface area contributed by atoms with Gasteiger partial charge in [0.2, 0.25) is 5.88 Å². The molecule has 2 aliphatic rings. The van der Waals surface area contributed by atoms with Crippen LogP contribution in [0, 0.1) is 6.42 Å². The van der Waals surface area contributed by atoms with Gasteiger partial charge < -0.3 is 20.1 Å². The third-order valence-corrected chi connectivity index (χ3v) is 9.71. The zero-order valence-corrected chi connectivity index (χ0v) is 29.9. The molecular weight excluding hydrogens is 737 g/mol. The van der Waals surface area contributed by atoms with E-state index in [1.165, 1.54) is 23.5 Å². The van der Waals surface area contributed by atoms with Crippen molar-refractivity contribution in [2.75, 3.05) is 25.6 Å². The molecule has 5 aromatic rings. The van der Waals surface area contributed by atoms with Crippen molar-refractivity contribution in [3.63, 3.8) is 0 Å². The average Bonchev–Trinajstić information content (AvgIpc) is 3.50. The quantitative estimate of drug-likeness (QED) is 0.166. The van der Waals surface area contributed by atoms with Gasteiger partial charge in [0.1, 0.15) is 17.5 Å². The Morgan fingerprint density at radius 1 is 1.00 bits per heavy atom. The fraction of sp³-hybridized carbons (Fsp3) is 0.294. The molecule has 248 valence electrons. The Morgan fingerprint density at radius 2 is 1.75 bits per heavy atom. The number of ether oxygens (including phenoxy) is 2. The molecule has 2 N–H and O–H groups in total. The normalized spacial score (nSPS) is 17.2. The van der Waals surface area contributed by atoms with Crippen LogP contribution in [-0.2, 0) is 46.3 Å². The number of hydrogen-bond donors (Lipinski definition) is 2. The van der Waals surface area contributed by atoms with Gasteiger partial charge in [-0.25, -0.2) is 19.7 Å². The number of rotatable bonds is 7. The van der Waals surface area contributed by atoms with Gasteiger partial charge in [0.15, 0.2) is 5.65 Å². The first-order valence-electron chi connectivity index (χ1n) is 15.3. The number of hydrogen-bond acceptors (Lipinski definition) is 9.